The highest BCUT2D eigenvalue weighted by Crippen LogP contribution is 2.40. The molecule has 3 nitrogen and oxygen atoms in total. The zero-order valence-electron chi connectivity index (χ0n) is 23.5. The van der Waals surface area contributed by atoms with E-state index in [4.69, 9.17) is 48.1 Å². The van der Waals surface area contributed by atoms with Crippen LogP contribution in [0.1, 0.15) is 0 Å². The van der Waals surface area contributed by atoms with E-state index in [0.717, 1.165) is 55.2 Å². The number of para-hydroxylation sites is 2. The molecule has 0 saturated carbocycles. The van der Waals surface area contributed by atoms with E-state index in [1.807, 2.05) is 78.9 Å². The Kier molecular flexibility index (Phi) is 6.09. The first-order valence-corrected chi connectivity index (χ1v) is 14.1. The molecule has 0 fully saturated rings. The Hall–Kier alpha value is -4.96. The molecular formula is C36H18B5NO2. The van der Waals surface area contributed by atoms with Crippen LogP contribution in [-0.4, -0.2) is 39.2 Å². The third-order valence-corrected chi connectivity index (χ3v) is 8.35. The Labute approximate surface area is 260 Å². The summed E-state index contributed by atoms with van der Waals surface area (Å²) in [5.41, 5.74) is 9.16. The molecule has 0 unspecified atom stereocenters. The lowest BCUT2D eigenvalue weighted by atomic mass is 9.59. The van der Waals surface area contributed by atoms with Gasteiger partial charge in [-0.25, -0.2) is 0 Å². The lowest BCUT2D eigenvalue weighted by Gasteiger charge is -2.21. The van der Waals surface area contributed by atoms with Crippen molar-refractivity contribution >= 4 is 122 Å². The number of anilines is 2. The van der Waals surface area contributed by atoms with Crippen molar-refractivity contribution in [1.29, 1.82) is 0 Å². The first-order chi connectivity index (χ1) is 21.4. The molecule has 0 aliphatic carbocycles. The fourth-order valence-corrected chi connectivity index (χ4v) is 6.17. The van der Waals surface area contributed by atoms with Crippen molar-refractivity contribution in [3.63, 3.8) is 0 Å². The van der Waals surface area contributed by atoms with E-state index < -0.39 is 0 Å². The number of hydrogen-bond donors (Lipinski definition) is 1. The van der Waals surface area contributed by atoms with E-state index in [0.29, 0.717) is 22.3 Å². The van der Waals surface area contributed by atoms with Gasteiger partial charge in [0.25, 0.3) is 0 Å². The van der Waals surface area contributed by atoms with Crippen molar-refractivity contribution in [1.82, 2.24) is 0 Å². The number of nitrogens with one attached hydrogen (secondary N) is 1. The zero-order chi connectivity index (χ0) is 30.1. The Morgan fingerprint density at radius 1 is 0.477 bits per heavy atom. The maximum absolute atomic E-state index is 6.58. The number of hydrogen-bond acceptors (Lipinski definition) is 3. The molecule has 0 amide bonds. The first-order valence-electron chi connectivity index (χ1n) is 14.1. The van der Waals surface area contributed by atoms with Crippen molar-refractivity contribution in [2.45, 2.75) is 0 Å². The minimum atomic E-state index is 0.172. The van der Waals surface area contributed by atoms with Gasteiger partial charge in [-0.05, 0) is 47.0 Å². The van der Waals surface area contributed by atoms with Crippen LogP contribution in [0.15, 0.2) is 112 Å². The van der Waals surface area contributed by atoms with Gasteiger partial charge >= 0.3 is 0 Å². The van der Waals surface area contributed by atoms with E-state index in [-0.39, 0.29) is 27.3 Å². The largest absolute Gasteiger partial charge is 0.456 e. The van der Waals surface area contributed by atoms with E-state index in [1.54, 1.807) is 0 Å². The monoisotopic (exact) mass is 551 g/mol. The molecule has 2 aromatic heterocycles. The summed E-state index contributed by atoms with van der Waals surface area (Å²) in [6.07, 6.45) is 0. The van der Waals surface area contributed by atoms with E-state index in [1.165, 1.54) is 0 Å². The quantitative estimate of drug-likeness (QED) is 0.328. The van der Waals surface area contributed by atoms with E-state index in [9.17, 15) is 0 Å². The Bertz CT molecular complexity index is 2400. The van der Waals surface area contributed by atoms with Gasteiger partial charge in [0, 0.05) is 32.8 Å². The molecule has 6 aromatic carbocycles. The maximum atomic E-state index is 6.58. The number of furan rings is 2. The molecule has 0 aliphatic heterocycles. The molecule has 0 aliphatic rings. The van der Waals surface area contributed by atoms with Crippen LogP contribution in [0.5, 0.6) is 0 Å². The standard InChI is InChI=1S/C36H18B5NO2/c37-30-29(31(38)33(40)34(41)32(30)39)23-12-4-10-21-22-11-5-13-25(36(22)44-35(21)23)42-19-15-16-26-24(17-19)28-20(9-6-14-27(28)43-26)18-7-2-1-3-8-18/h1-17,42H. The zero-order valence-corrected chi connectivity index (χ0v) is 23.5. The summed E-state index contributed by atoms with van der Waals surface area (Å²) in [4.78, 5) is 0. The fourth-order valence-electron chi connectivity index (χ4n) is 6.17. The molecule has 0 saturated heterocycles. The topological polar surface area (TPSA) is 38.3 Å². The lowest BCUT2D eigenvalue weighted by Crippen LogP contribution is -2.55. The van der Waals surface area contributed by atoms with Crippen LogP contribution in [0.25, 0.3) is 66.1 Å². The van der Waals surface area contributed by atoms with Gasteiger partial charge < -0.3 is 14.2 Å². The molecule has 0 bridgehead atoms. The van der Waals surface area contributed by atoms with Crippen LogP contribution in [0, 0.1) is 0 Å². The molecule has 1 N–H and O–H groups in total. The summed E-state index contributed by atoms with van der Waals surface area (Å²) >= 11 is 0. The third kappa shape index (κ3) is 3.97. The van der Waals surface area contributed by atoms with Crippen LogP contribution in [0.3, 0.4) is 0 Å². The Morgan fingerprint density at radius 2 is 1.14 bits per heavy atom. The number of rotatable bonds is 4. The van der Waals surface area contributed by atoms with Gasteiger partial charge in [-0.1, -0.05) is 83.7 Å². The SMILES string of the molecule is [B]c1c([B])c([B])c(-c2cccc3c2oc2c(Nc4ccc5oc6cccc(-c7ccccc7)c6c5c4)cccc23)c([B])c1[B]. The lowest BCUT2D eigenvalue weighted by molar-refractivity contribution is 0.669. The Morgan fingerprint density at radius 3 is 1.91 bits per heavy atom. The van der Waals surface area contributed by atoms with Gasteiger partial charge in [0.15, 0.2) is 5.58 Å². The Balaban J connectivity index is 1.28. The minimum absolute atomic E-state index is 0.172. The highest BCUT2D eigenvalue weighted by atomic mass is 16.3. The second kappa shape index (κ2) is 10.1. The van der Waals surface area contributed by atoms with Gasteiger partial charge in [0.2, 0.25) is 0 Å². The van der Waals surface area contributed by atoms with Gasteiger partial charge in [-0.2, -0.15) is 0 Å². The fraction of sp³-hybridized carbons (Fsp3) is 0. The highest BCUT2D eigenvalue weighted by molar-refractivity contribution is 6.68. The molecular weight excluding hydrogens is 532 g/mol. The van der Waals surface area contributed by atoms with Gasteiger partial charge in [0.05, 0.1) is 5.69 Å². The van der Waals surface area contributed by atoms with Crippen LogP contribution in [-0.2, 0) is 0 Å². The molecule has 10 radical (unpaired) electrons. The normalized spacial score (nSPS) is 11.6. The summed E-state index contributed by atoms with van der Waals surface area (Å²) < 4.78 is 12.8. The van der Waals surface area contributed by atoms with Gasteiger partial charge in [-0.15, -0.1) is 16.4 Å². The summed E-state index contributed by atoms with van der Waals surface area (Å²) in [6.45, 7) is 0. The van der Waals surface area contributed by atoms with Crippen molar-refractivity contribution in [3.8, 4) is 22.3 Å². The number of benzene rings is 6. The first kappa shape index (κ1) is 26.7. The molecule has 2 heterocycles. The summed E-state index contributed by atoms with van der Waals surface area (Å²) in [6, 6.07) is 34.4. The summed E-state index contributed by atoms with van der Waals surface area (Å²) in [5, 5.41) is 7.50. The number of fused-ring (bicyclic) bond motifs is 6. The van der Waals surface area contributed by atoms with Crippen LogP contribution < -0.4 is 32.6 Å². The van der Waals surface area contributed by atoms with Crippen molar-refractivity contribution in [3.05, 3.63) is 103 Å². The molecule has 8 rings (SSSR count). The van der Waals surface area contributed by atoms with Crippen molar-refractivity contribution in [2.24, 2.45) is 0 Å². The molecule has 8 aromatic rings. The van der Waals surface area contributed by atoms with Crippen molar-refractivity contribution in [2.75, 3.05) is 5.32 Å². The van der Waals surface area contributed by atoms with Crippen molar-refractivity contribution < 1.29 is 8.83 Å². The predicted octanol–water partition coefficient (Wildman–Crippen LogP) is 4.53. The maximum Gasteiger partial charge on any atom is 0.158 e. The van der Waals surface area contributed by atoms with Gasteiger partial charge in [-0.3, -0.25) is 0 Å². The van der Waals surface area contributed by atoms with E-state index >= 15 is 0 Å². The summed E-state index contributed by atoms with van der Waals surface area (Å²) in [5.74, 6) is 0. The molecule has 44 heavy (non-hydrogen) atoms. The van der Waals surface area contributed by atoms with Gasteiger partial charge in [0.1, 0.15) is 56.0 Å². The second-order valence-corrected chi connectivity index (χ2v) is 10.9. The highest BCUT2D eigenvalue weighted by Gasteiger charge is 2.19. The van der Waals surface area contributed by atoms with E-state index in [2.05, 4.69) is 29.6 Å². The molecule has 8 heteroatoms. The summed E-state index contributed by atoms with van der Waals surface area (Å²) in [7, 11) is 31.3. The van der Waals surface area contributed by atoms with Crippen LogP contribution >= 0.6 is 0 Å². The second-order valence-electron chi connectivity index (χ2n) is 10.9. The predicted molar refractivity (Wildman–Crippen MR) is 189 cm³/mol. The van der Waals surface area contributed by atoms with Crippen LogP contribution in [0.4, 0.5) is 11.4 Å². The smallest absolute Gasteiger partial charge is 0.158 e. The average molecular weight is 551 g/mol. The third-order valence-electron chi connectivity index (χ3n) is 8.35. The molecule has 0 atom stereocenters. The average Bonchev–Trinajstić information content (AvgIpc) is 3.63. The molecule has 0 spiro atoms. The minimum Gasteiger partial charge on any atom is -0.456 e. The van der Waals surface area contributed by atoms with Crippen LogP contribution in [0.2, 0.25) is 0 Å². The molecule has 194 valence electrons.